The quantitative estimate of drug-likeness (QED) is 0.764. The summed E-state index contributed by atoms with van der Waals surface area (Å²) in [5.74, 6) is 0. The fraction of sp³-hybridized carbons (Fsp3) is 0.571. The van der Waals surface area contributed by atoms with Gasteiger partial charge in [0.1, 0.15) is 5.69 Å². The lowest BCUT2D eigenvalue weighted by atomic mass is 10.4. The molecule has 0 aromatic carbocycles. The molecule has 0 aliphatic carbocycles. The molecule has 1 aromatic heterocycles. The Morgan fingerprint density at radius 1 is 1.58 bits per heavy atom. The van der Waals surface area contributed by atoms with Crippen LogP contribution in [0.2, 0.25) is 0 Å². The number of aryl methyl sites for hydroxylation is 1. The van der Waals surface area contributed by atoms with Gasteiger partial charge in [0.25, 0.3) is 6.43 Å². The molecule has 0 N–H and O–H groups in total. The van der Waals surface area contributed by atoms with Crippen LogP contribution in [0.3, 0.4) is 0 Å². The van der Waals surface area contributed by atoms with Crippen LogP contribution in [0.25, 0.3) is 0 Å². The van der Waals surface area contributed by atoms with E-state index in [2.05, 4.69) is 5.10 Å². The fourth-order valence-corrected chi connectivity index (χ4v) is 1.62. The molecule has 0 atom stereocenters. The fourth-order valence-electron chi connectivity index (χ4n) is 0.995. The van der Waals surface area contributed by atoms with Gasteiger partial charge in [-0.15, -0.1) is 0 Å². The predicted octanol–water partition coefficient (Wildman–Crippen LogP) is 2.75. The molecule has 5 heteroatoms. The lowest BCUT2D eigenvalue weighted by Crippen LogP contribution is -1.99. The summed E-state index contributed by atoms with van der Waals surface area (Å²) in [5, 5.41) is 3.79. The number of rotatable bonds is 2. The molecule has 2 nitrogen and oxygen atoms in total. The second-order valence-electron chi connectivity index (χ2n) is 2.40. The molecular weight excluding hydrogens is 277 g/mol. The largest absolute Gasteiger partial charge is 0.283 e. The van der Waals surface area contributed by atoms with Crippen molar-refractivity contribution in [2.75, 3.05) is 0 Å². The molecule has 0 saturated carbocycles. The van der Waals surface area contributed by atoms with Gasteiger partial charge in [0, 0.05) is 12.2 Å². The maximum Gasteiger partial charge on any atom is 0.283 e. The Hall–Kier alpha value is -0.200. The van der Waals surface area contributed by atoms with Crippen molar-refractivity contribution in [1.29, 1.82) is 0 Å². The van der Waals surface area contributed by atoms with Gasteiger partial charge in [0.2, 0.25) is 0 Å². The van der Waals surface area contributed by atoms with Crippen LogP contribution >= 0.6 is 22.6 Å². The van der Waals surface area contributed by atoms with Crippen LogP contribution in [0.15, 0.2) is 0 Å². The van der Waals surface area contributed by atoms with Crippen LogP contribution < -0.4 is 0 Å². The van der Waals surface area contributed by atoms with E-state index in [0.29, 0.717) is 10.1 Å². The molecule has 1 aromatic rings. The minimum Gasteiger partial charge on any atom is -0.269 e. The van der Waals surface area contributed by atoms with E-state index in [1.54, 1.807) is 11.6 Å². The first kappa shape index (κ1) is 9.88. The molecule has 0 radical (unpaired) electrons. The third-order valence-corrected chi connectivity index (χ3v) is 3.00. The molecule has 0 fully saturated rings. The molecule has 68 valence electrons. The van der Waals surface area contributed by atoms with Crippen molar-refractivity contribution in [2.24, 2.45) is 0 Å². The third-order valence-electron chi connectivity index (χ3n) is 1.66. The van der Waals surface area contributed by atoms with Crippen molar-refractivity contribution < 1.29 is 8.78 Å². The van der Waals surface area contributed by atoms with Gasteiger partial charge in [-0.2, -0.15) is 5.10 Å². The summed E-state index contributed by atoms with van der Waals surface area (Å²) in [6, 6.07) is 0. The Balaban J connectivity index is 3.16. The highest BCUT2D eigenvalue weighted by atomic mass is 127. The smallest absolute Gasteiger partial charge is 0.269 e. The molecule has 0 aliphatic heterocycles. The van der Waals surface area contributed by atoms with Gasteiger partial charge in [-0.1, -0.05) is 0 Å². The van der Waals surface area contributed by atoms with Crippen LogP contribution in [0.5, 0.6) is 0 Å². The first-order valence-corrected chi connectivity index (χ1v) is 4.66. The van der Waals surface area contributed by atoms with Crippen molar-refractivity contribution in [3.05, 3.63) is 15.0 Å². The van der Waals surface area contributed by atoms with Crippen LogP contribution in [0.4, 0.5) is 8.78 Å². The van der Waals surface area contributed by atoms with Gasteiger partial charge in [0.15, 0.2) is 0 Å². The van der Waals surface area contributed by atoms with Crippen molar-refractivity contribution in [3.63, 3.8) is 0 Å². The molecule has 1 heterocycles. The average molecular weight is 286 g/mol. The maximum absolute atomic E-state index is 12.3. The minimum atomic E-state index is -2.47. The highest BCUT2D eigenvalue weighted by Gasteiger charge is 2.18. The summed E-state index contributed by atoms with van der Waals surface area (Å²) in [6.45, 7) is 4.31. The normalized spacial score (nSPS) is 11.2. The van der Waals surface area contributed by atoms with E-state index in [9.17, 15) is 8.78 Å². The summed E-state index contributed by atoms with van der Waals surface area (Å²) in [6.07, 6.45) is -2.47. The van der Waals surface area contributed by atoms with E-state index >= 15 is 0 Å². The van der Waals surface area contributed by atoms with E-state index < -0.39 is 6.43 Å². The Labute approximate surface area is 83.1 Å². The molecule has 0 saturated heterocycles. The van der Waals surface area contributed by atoms with Crippen molar-refractivity contribution in [3.8, 4) is 0 Å². The van der Waals surface area contributed by atoms with Gasteiger partial charge in [0.05, 0.1) is 3.57 Å². The Kier molecular flexibility index (Phi) is 3.03. The second kappa shape index (κ2) is 3.68. The SMILES string of the molecule is CCn1nc(C(F)F)c(I)c1C. The highest BCUT2D eigenvalue weighted by Crippen LogP contribution is 2.25. The highest BCUT2D eigenvalue weighted by molar-refractivity contribution is 14.1. The number of hydrogen-bond acceptors (Lipinski definition) is 1. The molecule has 0 amide bonds. The topological polar surface area (TPSA) is 17.8 Å². The summed E-state index contributed by atoms with van der Waals surface area (Å²) in [4.78, 5) is 0. The summed E-state index contributed by atoms with van der Waals surface area (Å²) >= 11 is 1.90. The summed E-state index contributed by atoms with van der Waals surface area (Å²) < 4.78 is 26.7. The third kappa shape index (κ3) is 1.60. The van der Waals surface area contributed by atoms with Crippen LogP contribution in [0.1, 0.15) is 24.7 Å². The van der Waals surface area contributed by atoms with Gasteiger partial charge >= 0.3 is 0 Å². The molecule has 0 aliphatic rings. The van der Waals surface area contributed by atoms with Crippen molar-refractivity contribution >= 4 is 22.6 Å². The predicted molar refractivity (Wildman–Crippen MR) is 50.3 cm³/mol. The number of halogens is 3. The van der Waals surface area contributed by atoms with E-state index in [0.717, 1.165) is 5.69 Å². The number of hydrogen-bond donors (Lipinski definition) is 0. The number of alkyl halides is 2. The van der Waals surface area contributed by atoms with E-state index in [-0.39, 0.29) is 5.69 Å². The van der Waals surface area contributed by atoms with Gasteiger partial charge in [-0.05, 0) is 36.4 Å². The first-order chi connectivity index (χ1) is 5.57. The standard InChI is InChI=1S/C7H9F2IN2/c1-3-12-4(2)5(10)6(11-12)7(8)9/h7H,3H2,1-2H3. The zero-order valence-corrected chi connectivity index (χ0v) is 8.97. The Morgan fingerprint density at radius 2 is 2.17 bits per heavy atom. The lowest BCUT2D eigenvalue weighted by Gasteiger charge is -1.96. The van der Waals surface area contributed by atoms with Crippen molar-refractivity contribution in [1.82, 2.24) is 9.78 Å². The molecule has 0 spiro atoms. The van der Waals surface area contributed by atoms with Gasteiger partial charge in [-0.3, -0.25) is 4.68 Å². The van der Waals surface area contributed by atoms with Crippen LogP contribution in [0, 0.1) is 10.5 Å². The van der Waals surface area contributed by atoms with Crippen LogP contribution in [-0.2, 0) is 6.54 Å². The zero-order valence-electron chi connectivity index (χ0n) is 6.81. The molecule has 12 heavy (non-hydrogen) atoms. The minimum absolute atomic E-state index is 0.102. The second-order valence-corrected chi connectivity index (χ2v) is 3.48. The van der Waals surface area contributed by atoms with E-state index in [4.69, 9.17) is 0 Å². The maximum atomic E-state index is 12.3. The summed E-state index contributed by atoms with van der Waals surface area (Å²) in [5.41, 5.74) is 0.711. The van der Waals surface area contributed by atoms with Crippen molar-refractivity contribution in [2.45, 2.75) is 26.8 Å². The monoisotopic (exact) mass is 286 g/mol. The van der Waals surface area contributed by atoms with E-state index in [1.807, 2.05) is 29.5 Å². The molecule has 0 unspecified atom stereocenters. The van der Waals surface area contributed by atoms with Gasteiger partial charge in [-0.25, -0.2) is 8.78 Å². The lowest BCUT2D eigenvalue weighted by molar-refractivity contribution is 0.144. The Bertz CT molecular complexity index is 283. The average Bonchev–Trinajstić information content (AvgIpc) is 2.30. The van der Waals surface area contributed by atoms with E-state index in [1.165, 1.54) is 0 Å². The summed E-state index contributed by atoms with van der Waals surface area (Å²) in [7, 11) is 0. The first-order valence-electron chi connectivity index (χ1n) is 3.58. The van der Waals surface area contributed by atoms with Gasteiger partial charge < -0.3 is 0 Å². The molecular formula is C7H9F2IN2. The number of aromatic nitrogens is 2. The molecule has 1 rings (SSSR count). The van der Waals surface area contributed by atoms with Crippen LogP contribution in [-0.4, -0.2) is 9.78 Å². The molecule has 0 bridgehead atoms. The Morgan fingerprint density at radius 3 is 2.42 bits per heavy atom. The number of nitrogens with zero attached hydrogens (tertiary/aromatic N) is 2. The zero-order chi connectivity index (χ0) is 9.30.